The number of halogens is 4. The van der Waals surface area contributed by atoms with E-state index in [9.17, 15) is 18.4 Å². The van der Waals surface area contributed by atoms with Gasteiger partial charge >= 0.3 is 0 Å². The maximum Gasteiger partial charge on any atom is 0.269 e. The summed E-state index contributed by atoms with van der Waals surface area (Å²) in [6.07, 6.45) is 4.70. The van der Waals surface area contributed by atoms with Gasteiger partial charge in [-0.05, 0) is 63.8 Å². The van der Waals surface area contributed by atoms with Gasteiger partial charge in [0.1, 0.15) is 34.5 Å². The summed E-state index contributed by atoms with van der Waals surface area (Å²) >= 11 is 11.9. The highest BCUT2D eigenvalue weighted by molar-refractivity contribution is 6.32. The van der Waals surface area contributed by atoms with Gasteiger partial charge in [0.05, 0.1) is 34.6 Å². The lowest BCUT2D eigenvalue weighted by atomic mass is 10.2. The lowest BCUT2D eigenvalue weighted by Gasteiger charge is -2.10. The van der Waals surface area contributed by atoms with Gasteiger partial charge in [0.15, 0.2) is 5.78 Å². The number of hydrogen-bond donors (Lipinski definition) is 2. The van der Waals surface area contributed by atoms with Gasteiger partial charge in [-0.15, -0.1) is 0 Å². The lowest BCUT2D eigenvalue weighted by molar-refractivity contribution is 0.0940. The summed E-state index contributed by atoms with van der Waals surface area (Å²) in [6, 6.07) is 9.17. The number of Topliss-reactive ketones (excluding diaryl/α,β-unsaturated/α-hetero) is 1. The minimum Gasteiger partial charge on any atom is -0.492 e. The molecule has 6 rings (SSSR count). The fraction of sp³-hybridized carbons (Fsp3) is 0.429. The number of ether oxygens (including phenoxy) is 2. The van der Waals surface area contributed by atoms with Crippen LogP contribution in [-0.4, -0.2) is 44.5 Å². The molecule has 2 heterocycles. The first kappa shape index (κ1) is 37.8. The summed E-state index contributed by atoms with van der Waals surface area (Å²) < 4.78 is 40.8. The van der Waals surface area contributed by atoms with Crippen LogP contribution in [0.3, 0.4) is 0 Å². The van der Waals surface area contributed by atoms with Crippen LogP contribution in [-0.2, 0) is 27.2 Å². The van der Waals surface area contributed by atoms with Crippen LogP contribution in [0.5, 0.6) is 11.5 Å². The molecule has 14 heteroatoms. The predicted octanol–water partition coefficient (Wildman–Crippen LogP) is 7.26. The van der Waals surface area contributed by atoms with Crippen LogP contribution in [0.2, 0.25) is 10.0 Å². The van der Waals surface area contributed by atoms with Crippen LogP contribution < -0.4 is 20.5 Å². The van der Waals surface area contributed by atoms with Crippen molar-refractivity contribution in [1.29, 1.82) is 0 Å². The number of rotatable bonds is 11. The largest absolute Gasteiger partial charge is 0.492 e. The molecule has 0 aliphatic heterocycles. The number of aryl methyl sites for hydroxylation is 2. The number of ketones is 1. The second kappa shape index (κ2) is 17.1. The summed E-state index contributed by atoms with van der Waals surface area (Å²) in [7, 11) is 3.55. The molecule has 3 N–H and O–H groups in total. The highest BCUT2D eigenvalue weighted by Crippen LogP contribution is 2.40. The molecule has 264 valence electrons. The molecule has 4 aromatic rings. The highest BCUT2D eigenvalue weighted by Gasteiger charge is 2.28. The number of amides is 1. The topological polar surface area (TPSA) is 126 Å². The number of benzene rings is 2. The molecule has 2 aromatic carbocycles. The third-order valence-corrected chi connectivity index (χ3v) is 8.43. The Hall–Kier alpha value is -4.00. The van der Waals surface area contributed by atoms with Crippen LogP contribution in [0, 0.1) is 11.6 Å². The molecule has 2 aliphatic carbocycles. The van der Waals surface area contributed by atoms with Crippen LogP contribution in [0.25, 0.3) is 0 Å². The molecule has 0 spiro atoms. The van der Waals surface area contributed by atoms with Crippen molar-refractivity contribution in [3.63, 3.8) is 0 Å². The number of hydrogen-bond acceptors (Lipinski definition) is 7. The Morgan fingerprint density at radius 3 is 1.69 bits per heavy atom. The van der Waals surface area contributed by atoms with Gasteiger partial charge in [-0.3, -0.25) is 19.0 Å². The summed E-state index contributed by atoms with van der Waals surface area (Å²) in [6.45, 7) is 6.23. The Labute approximate surface area is 294 Å². The fourth-order valence-corrected chi connectivity index (χ4v) is 5.39. The first-order valence-electron chi connectivity index (χ1n) is 16.1. The molecular weight excluding hydrogens is 677 g/mol. The summed E-state index contributed by atoms with van der Waals surface area (Å²) in [5.74, 6) is 0.719. The molecule has 49 heavy (non-hydrogen) atoms. The Balaban J connectivity index is 0.000000182. The summed E-state index contributed by atoms with van der Waals surface area (Å²) in [4.78, 5) is 23.4. The average molecular weight is 720 g/mol. The zero-order valence-electron chi connectivity index (χ0n) is 28.3. The minimum absolute atomic E-state index is 0.0424. The van der Waals surface area contributed by atoms with Crippen LogP contribution >= 0.6 is 23.2 Å². The van der Waals surface area contributed by atoms with Gasteiger partial charge in [0, 0.05) is 69.2 Å². The van der Waals surface area contributed by atoms with Crippen molar-refractivity contribution in [1.82, 2.24) is 24.9 Å². The quantitative estimate of drug-likeness (QED) is 0.156. The van der Waals surface area contributed by atoms with Gasteiger partial charge in [-0.1, -0.05) is 23.2 Å². The van der Waals surface area contributed by atoms with E-state index in [4.69, 9.17) is 38.4 Å². The lowest BCUT2D eigenvalue weighted by Crippen LogP contribution is -2.25. The maximum absolute atomic E-state index is 14.1. The highest BCUT2D eigenvalue weighted by atomic mass is 35.5. The third-order valence-electron chi connectivity index (χ3n) is 7.84. The van der Waals surface area contributed by atoms with Crippen molar-refractivity contribution < 1.29 is 27.8 Å². The van der Waals surface area contributed by atoms with Crippen LogP contribution in [0.4, 0.5) is 8.78 Å². The van der Waals surface area contributed by atoms with E-state index < -0.39 is 5.82 Å². The smallest absolute Gasteiger partial charge is 0.269 e. The van der Waals surface area contributed by atoms with E-state index >= 15 is 0 Å². The Bertz CT molecular complexity index is 1790. The number of carbonyl (C=O) groups excluding carboxylic acids is 2. The number of nitrogens with one attached hydrogen (secondary N) is 1. The molecule has 0 radical (unpaired) electrons. The van der Waals surface area contributed by atoms with Crippen molar-refractivity contribution in [2.24, 2.45) is 19.8 Å². The van der Waals surface area contributed by atoms with Crippen LogP contribution in [0.15, 0.2) is 36.4 Å². The van der Waals surface area contributed by atoms with Gasteiger partial charge in [-0.2, -0.15) is 10.2 Å². The van der Waals surface area contributed by atoms with E-state index in [1.54, 1.807) is 36.3 Å². The van der Waals surface area contributed by atoms with Crippen molar-refractivity contribution in [2.75, 3.05) is 13.2 Å². The predicted molar refractivity (Wildman–Crippen MR) is 185 cm³/mol. The Kier molecular flexibility index (Phi) is 13.2. The fourth-order valence-electron chi connectivity index (χ4n) is 4.91. The van der Waals surface area contributed by atoms with Gasteiger partial charge in [0.25, 0.3) is 5.91 Å². The number of aromatic nitrogens is 4. The molecule has 1 amide bonds. The second-order valence-corrected chi connectivity index (χ2v) is 12.6. The van der Waals surface area contributed by atoms with Gasteiger partial charge in [-0.25, -0.2) is 8.78 Å². The first-order chi connectivity index (χ1) is 23.4. The van der Waals surface area contributed by atoms with E-state index in [1.165, 1.54) is 37.1 Å². The minimum atomic E-state index is -0.466. The van der Waals surface area contributed by atoms with E-state index in [0.29, 0.717) is 63.4 Å². The molecule has 0 bridgehead atoms. The Morgan fingerprint density at radius 2 is 1.27 bits per heavy atom. The number of nitrogens with zero attached hydrogens (tertiary/aromatic N) is 4. The summed E-state index contributed by atoms with van der Waals surface area (Å²) in [5, 5.41) is 12.1. The maximum atomic E-state index is 14.1. The second-order valence-electron chi connectivity index (χ2n) is 11.8. The first-order valence-corrected chi connectivity index (χ1v) is 16.9. The molecule has 2 aromatic heterocycles. The molecule has 0 unspecified atom stereocenters. The molecule has 2 aliphatic rings. The molecule has 0 saturated heterocycles. The molecular formula is C35H42Cl2F2N6O4. The molecule has 10 nitrogen and oxygen atoms in total. The average Bonchev–Trinajstić information content (AvgIpc) is 4.00. The molecule has 0 atom stereocenters. The Morgan fingerprint density at radius 1 is 0.816 bits per heavy atom. The van der Waals surface area contributed by atoms with Gasteiger partial charge < -0.3 is 20.5 Å². The zero-order chi connectivity index (χ0) is 35.8. The third kappa shape index (κ3) is 10.3. The molecule has 2 saturated carbocycles. The van der Waals surface area contributed by atoms with Crippen molar-refractivity contribution in [3.05, 3.63) is 92.0 Å². The van der Waals surface area contributed by atoms with E-state index in [-0.39, 0.29) is 30.6 Å². The summed E-state index contributed by atoms with van der Waals surface area (Å²) in [5.41, 5.74) is 9.22. The zero-order valence-corrected chi connectivity index (χ0v) is 29.8. The monoisotopic (exact) mass is 718 g/mol. The number of nitrogens with two attached hydrogens (primary N) is 1. The molecule has 2 fully saturated rings. The SMILES string of the molecule is CC(=O)c1cc(C2CC2)nn1C.CCOc1cc(F)c(CN)cc1Cl.CCOc1cc(F)c(CNC(=O)c2cc(C3CC3)nn2C)cc1Cl. The van der Waals surface area contributed by atoms with Crippen molar-refractivity contribution in [2.45, 2.75) is 71.4 Å². The normalized spacial score (nSPS) is 13.5. The van der Waals surface area contributed by atoms with Crippen molar-refractivity contribution >= 4 is 34.9 Å². The van der Waals surface area contributed by atoms with Crippen LogP contribution in [0.1, 0.15) is 102 Å². The number of carbonyl (C=O) groups is 2. The van der Waals surface area contributed by atoms with E-state index in [2.05, 4.69) is 15.5 Å². The van der Waals surface area contributed by atoms with E-state index in [1.807, 2.05) is 20.0 Å². The van der Waals surface area contributed by atoms with Gasteiger partial charge in [0.2, 0.25) is 0 Å². The van der Waals surface area contributed by atoms with Crippen molar-refractivity contribution in [3.8, 4) is 11.5 Å². The van der Waals surface area contributed by atoms with E-state index in [0.717, 1.165) is 29.9 Å². The standard InChI is InChI=1S/C17H19ClFN3O2.C9H11ClFNO.C9H12N2O/c1-3-24-16-7-13(19)11(6-12(16)18)9-20-17(23)15-8-14(10-4-5-10)21-22(15)2;1-2-13-9-4-8(11)6(5-12)3-7(9)10;1-6(12)9-5-8(7-3-4-7)10-11(9)2/h6-8,10H,3-5,9H2,1-2H3,(H,20,23);3-4H,2,5,12H2,1H3;5,7H,3-4H2,1-2H3.